The van der Waals surface area contributed by atoms with Crippen LogP contribution in [0.5, 0.6) is 0 Å². The van der Waals surface area contributed by atoms with Gasteiger partial charge >= 0.3 is 0 Å². The Labute approximate surface area is 251 Å². The van der Waals surface area contributed by atoms with E-state index in [0.29, 0.717) is 28.8 Å². The Hall–Kier alpha value is -2.17. The third-order valence-corrected chi connectivity index (χ3v) is 10.0. The van der Waals surface area contributed by atoms with Crippen LogP contribution in [-0.4, -0.2) is 102 Å². The van der Waals surface area contributed by atoms with E-state index in [1.54, 1.807) is 23.1 Å². The SMILES string of the molecule is CCN1CCN(CCN2C(=O)[C@H]3[C@H](C(=O)Nc4cc(Cl)cc(Cl)c4)[C@H]4C=C[C@@]3(O4)[C@@H]2C(=O)NC2CCCCC2)CC1. The second-order valence-electron chi connectivity index (χ2n) is 12.0. The molecule has 1 aromatic carbocycles. The van der Waals surface area contributed by atoms with Crippen molar-refractivity contribution in [2.45, 2.75) is 62.8 Å². The second-order valence-corrected chi connectivity index (χ2v) is 12.9. The molecule has 1 saturated carbocycles. The number of likely N-dealkylation sites (tertiary alicyclic amines) is 1. The number of amides is 3. The number of carbonyl (C=O) groups excluding carboxylic acids is 3. The number of nitrogens with one attached hydrogen (secondary N) is 2. The molecular weight excluding hydrogens is 565 g/mol. The Bertz CT molecular complexity index is 1200. The fourth-order valence-corrected chi connectivity index (χ4v) is 7.99. The van der Waals surface area contributed by atoms with E-state index < -0.39 is 29.6 Å². The van der Waals surface area contributed by atoms with Crippen molar-refractivity contribution in [3.8, 4) is 0 Å². The summed E-state index contributed by atoms with van der Waals surface area (Å²) in [5.74, 6) is -2.28. The van der Waals surface area contributed by atoms with E-state index in [0.717, 1.165) is 58.4 Å². The van der Waals surface area contributed by atoms with E-state index in [4.69, 9.17) is 27.9 Å². The largest absolute Gasteiger partial charge is 0.359 e. The number of anilines is 1. The van der Waals surface area contributed by atoms with Crippen molar-refractivity contribution in [2.75, 3.05) is 51.1 Å². The fourth-order valence-electron chi connectivity index (χ4n) is 7.46. The highest BCUT2D eigenvalue weighted by atomic mass is 35.5. The van der Waals surface area contributed by atoms with E-state index >= 15 is 0 Å². The normalized spacial score (nSPS) is 32.0. The Morgan fingerprint density at radius 3 is 2.34 bits per heavy atom. The summed E-state index contributed by atoms with van der Waals surface area (Å²) in [6.45, 7) is 8.11. The highest BCUT2D eigenvalue weighted by molar-refractivity contribution is 6.35. The zero-order chi connectivity index (χ0) is 28.7. The minimum absolute atomic E-state index is 0.0972. The van der Waals surface area contributed by atoms with Crippen molar-refractivity contribution < 1.29 is 19.1 Å². The first kappa shape index (κ1) is 28.9. The summed E-state index contributed by atoms with van der Waals surface area (Å²) in [5, 5.41) is 6.94. The predicted molar refractivity (Wildman–Crippen MR) is 158 cm³/mol. The van der Waals surface area contributed by atoms with Crippen molar-refractivity contribution >= 4 is 46.6 Å². The molecule has 1 aromatic rings. The average molecular weight is 605 g/mol. The molecule has 41 heavy (non-hydrogen) atoms. The topological polar surface area (TPSA) is 94.2 Å². The number of ether oxygens (including phenoxy) is 1. The summed E-state index contributed by atoms with van der Waals surface area (Å²) in [7, 11) is 0. The first-order valence-electron chi connectivity index (χ1n) is 15.0. The van der Waals surface area contributed by atoms with E-state index in [1.807, 2.05) is 12.2 Å². The van der Waals surface area contributed by atoms with Gasteiger partial charge in [0.2, 0.25) is 17.7 Å². The third kappa shape index (κ3) is 5.52. The van der Waals surface area contributed by atoms with Gasteiger partial charge in [-0.25, -0.2) is 0 Å². The average Bonchev–Trinajstić information content (AvgIpc) is 3.59. The third-order valence-electron chi connectivity index (χ3n) is 9.58. The summed E-state index contributed by atoms with van der Waals surface area (Å²) in [6.07, 6.45) is 8.36. The maximum absolute atomic E-state index is 14.2. The molecule has 4 aliphatic heterocycles. The highest BCUT2D eigenvalue weighted by Crippen LogP contribution is 2.55. The molecule has 5 aliphatic rings. The van der Waals surface area contributed by atoms with Crippen LogP contribution >= 0.6 is 23.2 Å². The number of hydrogen-bond donors (Lipinski definition) is 2. The molecule has 11 heteroatoms. The zero-order valence-corrected chi connectivity index (χ0v) is 25.0. The number of hydrogen-bond acceptors (Lipinski definition) is 6. The summed E-state index contributed by atoms with van der Waals surface area (Å²) in [6, 6.07) is 4.10. The van der Waals surface area contributed by atoms with Crippen molar-refractivity contribution in [3.05, 3.63) is 40.4 Å². The molecule has 9 nitrogen and oxygen atoms in total. The second kappa shape index (κ2) is 11.8. The number of nitrogens with zero attached hydrogens (tertiary/aromatic N) is 3. The molecule has 6 rings (SSSR count). The number of likely N-dealkylation sites (N-methyl/N-ethyl adjacent to an activating group) is 1. The maximum atomic E-state index is 14.2. The van der Waals surface area contributed by atoms with Crippen LogP contribution in [0.3, 0.4) is 0 Å². The molecule has 4 fully saturated rings. The molecule has 3 amide bonds. The smallest absolute Gasteiger partial charge is 0.246 e. The minimum atomic E-state index is -1.17. The van der Waals surface area contributed by atoms with Crippen LogP contribution in [0.15, 0.2) is 30.4 Å². The Morgan fingerprint density at radius 2 is 1.66 bits per heavy atom. The van der Waals surface area contributed by atoms with Crippen LogP contribution in [0.4, 0.5) is 5.69 Å². The maximum Gasteiger partial charge on any atom is 0.246 e. The lowest BCUT2D eigenvalue weighted by atomic mass is 9.74. The first-order valence-corrected chi connectivity index (χ1v) is 15.7. The van der Waals surface area contributed by atoms with Crippen LogP contribution in [0.25, 0.3) is 0 Å². The first-order chi connectivity index (χ1) is 19.8. The van der Waals surface area contributed by atoms with Gasteiger partial charge in [-0.05, 0) is 37.6 Å². The van der Waals surface area contributed by atoms with Gasteiger partial charge in [0, 0.05) is 61.0 Å². The van der Waals surface area contributed by atoms with Gasteiger partial charge in [-0.15, -0.1) is 0 Å². The molecule has 0 unspecified atom stereocenters. The zero-order valence-electron chi connectivity index (χ0n) is 23.5. The molecule has 5 atom stereocenters. The van der Waals surface area contributed by atoms with Gasteiger partial charge in [0.25, 0.3) is 0 Å². The van der Waals surface area contributed by atoms with Gasteiger partial charge in [-0.1, -0.05) is 61.5 Å². The van der Waals surface area contributed by atoms with Crippen LogP contribution < -0.4 is 10.6 Å². The van der Waals surface area contributed by atoms with E-state index in [1.165, 1.54) is 6.42 Å². The Balaban J connectivity index is 1.25. The lowest BCUT2D eigenvalue weighted by Crippen LogP contribution is -2.57. The number of carbonyl (C=O) groups is 3. The molecule has 2 N–H and O–H groups in total. The van der Waals surface area contributed by atoms with Crippen LogP contribution in [-0.2, 0) is 19.1 Å². The van der Waals surface area contributed by atoms with Gasteiger partial charge in [-0.2, -0.15) is 0 Å². The molecule has 0 radical (unpaired) electrons. The molecule has 1 aliphatic carbocycles. The molecule has 222 valence electrons. The van der Waals surface area contributed by atoms with E-state index in [-0.39, 0.29) is 23.8 Å². The highest BCUT2D eigenvalue weighted by Gasteiger charge is 2.72. The molecule has 0 aromatic heterocycles. The summed E-state index contributed by atoms with van der Waals surface area (Å²) in [5.41, 5.74) is -0.719. The lowest BCUT2D eigenvalue weighted by Gasteiger charge is -2.37. The molecule has 2 bridgehead atoms. The van der Waals surface area contributed by atoms with Gasteiger partial charge in [-0.3, -0.25) is 19.3 Å². The van der Waals surface area contributed by atoms with Crippen LogP contribution in [0.2, 0.25) is 10.0 Å². The molecule has 1 spiro atoms. The quantitative estimate of drug-likeness (QED) is 0.443. The van der Waals surface area contributed by atoms with E-state index in [9.17, 15) is 14.4 Å². The van der Waals surface area contributed by atoms with E-state index in [2.05, 4.69) is 27.4 Å². The van der Waals surface area contributed by atoms with Crippen molar-refractivity contribution in [1.29, 1.82) is 0 Å². The monoisotopic (exact) mass is 603 g/mol. The van der Waals surface area contributed by atoms with Gasteiger partial charge < -0.3 is 25.2 Å². The summed E-state index contributed by atoms with van der Waals surface area (Å²) >= 11 is 12.3. The van der Waals surface area contributed by atoms with Gasteiger partial charge in [0.15, 0.2) is 0 Å². The van der Waals surface area contributed by atoms with Gasteiger partial charge in [0.05, 0.1) is 17.9 Å². The lowest BCUT2D eigenvalue weighted by molar-refractivity contribution is -0.141. The minimum Gasteiger partial charge on any atom is -0.359 e. The number of fused-ring (bicyclic) bond motifs is 1. The van der Waals surface area contributed by atoms with Crippen molar-refractivity contribution in [1.82, 2.24) is 20.0 Å². The molecule has 3 saturated heterocycles. The Morgan fingerprint density at radius 1 is 0.976 bits per heavy atom. The van der Waals surface area contributed by atoms with Crippen molar-refractivity contribution in [3.63, 3.8) is 0 Å². The van der Waals surface area contributed by atoms with Gasteiger partial charge in [0.1, 0.15) is 11.6 Å². The predicted octanol–water partition coefficient (Wildman–Crippen LogP) is 3.17. The summed E-state index contributed by atoms with van der Waals surface area (Å²) < 4.78 is 6.48. The van der Waals surface area contributed by atoms with Crippen LogP contribution in [0.1, 0.15) is 39.0 Å². The number of rotatable bonds is 8. The molecular formula is C30H39Cl2N5O4. The number of halogens is 2. The Kier molecular flexibility index (Phi) is 8.35. The van der Waals surface area contributed by atoms with Crippen LogP contribution in [0, 0.1) is 11.8 Å². The molecule has 4 heterocycles. The van der Waals surface area contributed by atoms with Crippen molar-refractivity contribution in [2.24, 2.45) is 11.8 Å². The number of piperazine rings is 1. The fraction of sp³-hybridized carbons (Fsp3) is 0.633. The summed E-state index contributed by atoms with van der Waals surface area (Å²) in [4.78, 5) is 48.3. The number of benzene rings is 1. The standard InChI is InChI=1S/C30H39Cl2N5O4/c1-2-35-10-12-36(13-11-35)14-15-37-26(28(39)33-21-6-4-3-5-7-21)30-9-8-23(41-30)24(25(30)29(37)40)27(38)34-22-17-19(31)16-20(32)18-22/h8-9,16-18,21,23-26H,2-7,10-15H2,1H3,(H,33,39)(H,34,38)/t23-,24-,25-,26+,30+/m1/s1.